The van der Waals surface area contributed by atoms with E-state index >= 15 is 0 Å². The fraction of sp³-hybridized carbons (Fsp3) is 0. The number of nitrogens with two attached hydrogens (primary N) is 1. The lowest BCUT2D eigenvalue weighted by Gasteiger charge is -2.00. The van der Waals surface area contributed by atoms with Crippen LogP contribution in [-0.4, -0.2) is 4.98 Å². The number of nitrogens with zero attached hydrogens (tertiary/aromatic N) is 1. The van der Waals surface area contributed by atoms with Gasteiger partial charge in [0.05, 0.1) is 15.6 Å². The number of oxazole rings is 1. The van der Waals surface area contributed by atoms with Gasteiger partial charge in [-0.2, -0.15) is 0 Å². The molecule has 2 aromatic carbocycles. The summed E-state index contributed by atoms with van der Waals surface area (Å²) in [5.74, 6) is 0.412. The molecular formula is C13H8Cl2N2O. The summed E-state index contributed by atoms with van der Waals surface area (Å²) in [6, 6.07) is 10.6. The first-order valence-corrected chi connectivity index (χ1v) is 6.01. The minimum absolute atomic E-state index is 0.412. The predicted molar refractivity (Wildman–Crippen MR) is 73.9 cm³/mol. The van der Waals surface area contributed by atoms with Gasteiger partial charge in [0, 0.05) is 5.69 Å². The molecule has 0 saturated carbocycles. The smallest absolute Gasteiger partial charge is 0.228 e. The Morgan fingerprint density at radius 1 is 1.06 bits per heavy atom. The molecule has 3 aromatic rings. The fourth-order valence-electron chi connectivity index (χ4n) is 1.74. The highest BCUT2D eigenvalue weighted by molar-refractivity contribution is 6.35. The SMILES string of the molecule is Nc1ccc(Cl)c(-c2nc3cccc(Cl)c3o2)c1. The second-order valence-electron chi connectivity index (χ2n) is 3.85. The van der Waals surface area contributed by atoms with E-state index in [0.29, 0.717) is 38.3 Å². The fourth-order valence-corrected chi connectivity index (χ4v) is 2.14. The Kier molecular flexibility index (Phi) is 2.65. The Morgan fingerprint density at radius 2 is 1.89 bits per heavy atom. The lowest BCUT2D eigenvalue weighted by atomic mass is 10.2. The Morgan fingerprint density at radius 3 is 2.67 bits per heavy atom. The second kappa shape index (κ2) is 4.19. The summed E-state index contributed by atoms with van der Waals surface area (Å²) in [5.41, 5.74) is 8.23. The van der Waals surface area contributed by atoms with Crippen LogP contribution in [0.1, 0.15) is 0 Å². The molecule has 0 aliphatic heterocycles. The molecule has 1 aromatic heterocycles. The van der Waals surface area contributed by atoms with Gasteiger partial charge >= 0.3 is 0 Å². The van der Waals surface area contributed by atoms with E-state index in [2.05, 4.69) is 4.98 Å². The number of hydrogen-bond donors (Lipinski definition) is 1. The number of benzene rings is 2. The van der Waals surface area contributed by atoms with Gasteiger partial charge in [-0.15, -0.1) is 0 Å². The maximum atomic E-state index is 6.11. The van der Waals surface area contributed by atoms with E-state index in [-0.39, 0.29) is 0 Å². The zero-order chi connectivity index (χ0) is 12.7. The molecule has 0 fully saturated rings. The van der Waals surface area contributed by atoms with E-state index < -0.39 is 0 Å². The summed E-state index contributed by atoms with van der Waals surface area (Å²) in [6.45, 7) is 0. The monoisotopic (exact) mass is 278 g/mol. The van der Waals surface area contributed by atoms with Gasteiger partial charge in [0.2, 0.25) is 5.89 Å². The number of aromatic nitrogens is 1. The third-order valence-corrected chi connectivity index (χ3v) is 3.21. The van der Waals surface area contributed by atoms with Gasteiger partial charge in [-0.1, -0.05) is 29.3 Å². The van der Waals surface area contributed by atoms with E-state index in [9.17, 15) is 0 Å². The van der Waals surface area contributed by atoms with E-state index in [1.165, 1.54) is 0 Å². The van der Waals surface area contributed by atoms with Crippen LogP contribution in [0, 0.1) is 0 Å². The van der Waals surface area contributed by atoms with Crippen LogP contribution in [0.25, 0.3) is 22.6 Å². The van der Waals surface area contributed by atoms with Crippen LogP contribution in [0.4, 0.5) is 5.69 Å². The van der Waals surface area contributed by atoms with E-state index in [1.807, 2.05) is 12.1 Å². The molecule has 18 heavy (non-hydrogen) atoms. The number of halogens is 2. The van der Waals surface area contributed by atoms with Gasteiger partial charge < -0.3 is 10.2 Å². The highest BCUT2D eigenvalue weighted by Gasteiger charge is 2.13. The van der Waals surface area contributed by atoms with Crippen molar-refractivity contribution in [3.8, 4) is 11.5 Å². The zero-order valence-corrected chi connectivity index (χ0v) is 10.7. The number of fused-ring (bicyclic) bond motifs is 1. The summed E-state index contributed by atoms with van der Waals surface area (Å²) in [7, 11) is 0. The maximum absolute atomic E-state index is 6.11. The summed E-state index contributed by atoms with van der Waals surface area (Å²) in [4.78, 5) is 4.35. The van der Waals surface area contributed by atoms with Gasteiger partial charge in [-0.25, -0.2) is 4.98 Å². The predicted octanol–water partition coefficient (Wildman–Crippen LogP) is 4.38. The van der Waals surface area contributed by atoms with Gasteiger partial charge in [0.25, 0.3) is 0 Å². The van der Waals surface area contributed by atoms with E-state index in [4.69, 9.17) is 33.4 Å². The van der Waals surface area contributed by atoms with Crippen molar-refractivity contribution in [1.29, 1.82) is 0 Å². The topological polar surface area (TPSA) is 52.0 Å². The van der Waals surface area contributed by atoms with Crippen LogP contribution in [0.2, 0.25) is 10.0 Å². The number of nitrogen functional groups attached to an aromatic ring is 1. The Bertz CT molecular complexity index is 737. The van der Waals surface area contributed by atoms with Crippen molar-refractivity contribution in [3.63, 3.8) is 0 Å². The van der Waals surface area contributed by atoms with Crippen molar-refractivity contribution in [2.75, 3.05) is 5.73 Å². The van der Waals surface area contributed by atoms with Crippen LogP contribution in [-0.2, 0) is 0 Å². The first-order chi connectivity index (χ1) is 8.65. The van der Waals surface area contributed by atoms with Gasteiger partial charge in [0.15, 0.2) is 5.58 Å². The van der Waals surface area contributed by atoms with Crippen LogP contribution >= 0.6 is 23.2 Å². The van der Waals surface area contributed by atoms with Gasteiger partial charge in [-0.05, 0) is 30.3 Å². The van der Waals surface area contributed by atoms with Crippen LogP contribution in [0.15, 0.2) is 40.8 Å². The highest BCUT2D eigenvalue weighted by Crippen LogP contribution is 2.33. The molecule has 0 saturated heterocycles. The number of rotatable bonds is 1. The summed E-state index contributed by atoms with van der Waals surface area (Å²) in [6.07, 6.45) is 0. The number of para-hydroxylation sites is 1. The molecule has 0 atom stereocenters. The molecule has 90 valence electrons. The largest absolute Gasteiger partial charge is 0.434 e. The maximum Gasteiger partial charge on any atom is 0.228 e. The Labute approximate surface area is 113 Å². The van der Waals surface area contributed by atoms with Crippen LogP contribution < -0.4 is 5.73 Å². The van der Waals surface area contributed by atoms with E-state index in [0.717, 1.165) is 0 Å². The van der Waals surface area contributed by atoms with Crippen molar-refractivity contribution >= 4 is 40.0 Å². The highest BCUT2D eigenvalue weighted by atomic mass is 35.5. The lowest BCUT2D eigenvalue weighted by Crippen LogP contribution is -1.86. The minimum Gasteiger partial charge on any atom is -0.434 e. The van der Waals surface area contributed by atoms with Crippen LogP contribution in [0.5, 0.6) is 0 Å². The second-order valence-corrected chi connectivity index (χ2v) is 4.66. The molecule has 2 N–H and O–H groups in total. The molecule has 0 radical (unpaired) electrons. The molecule has 3 nitrogen and oxygen atoms in total. The third kappa shape index (κ3) is 1.82. The molecule has 0 amide bonds. The number of hydrogen-bond acceptors (Lipinski definition) is 3. The third-order valence-electron chi connectivity index (χ3n) is 2.59. The van der Waals surface area contributed by atoms with Crippen molar-refractivity contribution in [2.24, 2.45) is 0 Å². The van der Waals surface area contributed by atoms with Crippen molar-refractivity contribution in [1.82, 2.24) is 4.98 Å². The quantitative estimate of drug-likeness (QED) is 0.672. The standard InChI is InChI=1S/C13H8Cl2N2O/c14-9-5-4-7(16)6-8(9)13-17-11-3-1-2-10(15)12(11)18-13/h1-6H,16H2. The molecular weight excluding hydrogens is 271 g/mol. The van der Waals surface area contributed by atoms with Crippen LogP contribution in [0.3, 0.4) is 0 Å². The van der Waals surface area contributed by atoms with E-state index in [1.54, 1.807) is 24.3 Å². The molecule has 0 bridgehead atoms. The summed E-state index contributed by atoms with van der Waals surface area (Å²) in [5, 5.41) is 1.05. The normalized spacial score (nSPS) is 11.0. The minimum atomic E-state index is 0.412. The van der Waals surface area contributed by atoms with Gasteiger partial charge in [0.1, 0.15) is 5.52 Å². The summed E-state index contributed by atoms with van der Waals surface area (Å²) < 4.78 is 5.64. The molecule has 0 aliphatic carbocycles. The molecule has 5 heteroatoms. The van der Waals surface area contributed by atoms with Crippen molar-refractivity contribution in [3.05, 3.63) is 46.4 Å². The Hall–Kier alpha value is -1.71. The molecule has 3 rings (SSSR count). The van der Waals surface area contributed by atoms with Crippen molar-refractivity contribution in [2.45, 2.75) is 0 Å². The van der Waals surface area contributed by atoms with Gasteiger partial charge in [-0.3, -0.25) is 0 Å². The molecule has 0 aliphatic rings. The average molecular weight is 279 g/mol. The summed E-state index contributed by atoms with van der Waals surface area (Å²) >= 11 is 12.1. The average Bonchev–Trinajstić information content (AvgIpc) is 2.77. The Balaban J connectivity index is 2.26. The zero-order valence-electron chi connectivity index (χ0n) is 9.15. The van der Waals surface area contributed by atoms with Crippen molar-refractivity contribution < 1.29 is 4.42 Å². The molecule has 1 heterocycles. The first-order valence-electron chi connectivity index (χ1n) is 5.25. The molecule has 0 unspecified atom stereocenters. The molecule has 0 spiro atoms. The first kappa shape index (κ1) is 11.4. The number of anilines is 1. The lowest BCUT2D eigenvalue weighted by molar-refractivity contribution is 0.620.